The van der Waals surface area contributed by atoms with Crippen LogP contribution in [0, 0.1) is 0 Å². The number of hydrogen-bond acceptors (Lipinski definition) is 6. The Morgan fingerprint density at radius 3 is 2.76 bits per heavy atom. The summed E-state index contributed by atoms with van der Waals surface area (Å²) in [7, 11) is 1.37. The Bertz CT molecular complexity index is 539. The Balaban J connectivity index is 2.27. The molecule has 0 aliphatic carbocycles. The average molecular weight is 296 g/mol. The minimum absolute atomic E-state index is 0.0328. The molecule has 2 unspecified atom stereocenters. The Hall–Kier alpha value is -1.95. The molecule has 21 heavy (non-hydrogen) atoms. The summed E-state index contributed by atoms with van der Waals surface area (Å²) in [6.07, 6.45) is 1.24. The smallest absolute Gasteiger partial charge is 0.342 e. The van der Waals surface area contributed by atoms with Crippen LogP contribution in [0.4, 0.5) is 0 Å². The van der Waals surface area contributed by atoms with Gasteiger partial charge in [0, 0.05) is 12.8 Å². The van der Waals surface area contributed by atoms with Crippen LogP contribution < -0.4 is 4.74 Å². The van der Waals surface area contributed by atoms with Crippen molar-refractivity contribution in [1.29, 1.82) is 0 Å². The zero-order chi connectivity index (χ0) is 15.6. The van der Waals surface area contributed by atoms with Gasteiger partial charge in [0.15, 0.2) is 11.5 Å². The first-order valence-electron chi connectivity index (χ1n) is 6.98. The van der Waals surface area contributed by atoms with Crippen molar-refractivity contribution >= 4 is 5.97 Å². The number of cyclic esters (lactones) is 1. The van der Waals surface area contributed by atoms with Crippen molar-refractivity contribution in [2.75, 3.05) is 7.11 Å². The van der Waals surface area contributed by atoms with Crippen molar-refractivity contribution in [3.05, 3.63) is 17.2 Å². The van der Waals surface area contributed by atoms with Gasteiger partial charge in [0.1, 0.15) is 11.7 Å². The minimum atomic E-state index is -0.694. The number of aliphatic hydroxyl groups is 1. The third-order valence-electron chi connectivity index (χ3n) is 3.62. The molecule has 0 amide bonds. The number of carbonyl (C=O) groups excluding carboxylic acids is 1. The lowest BCUT2D eigenvalue weighted by Gasteiger charge is -2.27. The first kappa shape index (κ1) is 15.4. The molecule has 1 aliphatic heterocycles. The van der Waals surface area contributed by atoms with Crippen LogP contribution in [0.5, 0.6) is 17.2 Å². The van der Waals surface area contributed by atoms with E-state index in [1.165, 1.54) is 13.2 Å². The van der Waals surface area contributed by atoms with E-state index < -0.39 is 29.7 Å². The normalized spacial score (nSPS) is 18.8. The van der Waals surface area contributed by atoms with E-state index in [1.54, 1.807) is 0 Å². The van der Waals surface area contributed by atoms with Crippen LogP contribution in [-0.4, -0.2) is 40.6 Å². The first-order chi connectivity index (χ1) is 9.97. The van der Waals surface area contributed by atoms with Gasteiger partial charge in [-0.15, -0.1) is 0 Å². The van der Waals surface area contributed by atoms with Crippen LogP contribution in [0.2, 0.25) is 0 Å². The van der Waals surface area contributed by atoms with Gasteiger partial charge in [-0.3, -0.25) is 0 Å². The molecular weight excluding hydrogens is 276 g/mol. The fraction of sp³-hybridized carbons (Fsp3) is 0.533. The molecule has 6 heteroatoms. The molecule has 0 bridgehead atoms. The van der Waals surface area contributed by atoms with Crippen LogP contribution in [0.25, 0.3) is 0 Å². The van der Waals surface area contributed by atoms with Crippen LogP contribution >= 0.6 is 0 Å². The number of benzene rings is 1. The van der Waals surface area contributed by atoms with E-state index in [0.29, 0.717) is 24.8 Å². The number of aliphatic hydroxyl groups excluding tert-OH is 1. The zero-order valence-electron chi connectivity index (χ0n) is 12.1. The third kappa shape index (κ3) is 3.05. The van der Waals surface area contributed by atoms with E-state index >= 15 is 0 Å². The second-order valence-electron chi connectivity index (χ2n) is 5.22. The fourth-order valence-corrected chi connectivity index (χ4v) is 2.61. The lowest BCUT2D eigenvalue weighted by atomic mass is 9.93. The van der Waals surface area contributed by atoms with Gasteiger partial charge >= 0.3 is 5.97 Å². The van der Waals surface area contributed by atoms with Crippen molar-refractivity contribution in [3.8, 4) is 17.2 Å². The van der Waals surface area contributed by atoms with Crippen LogP contribution in [0.3, 0.4) is 0 Å². The zero-order valence-corrected chi connectivity index (χ0v) is 12.1. The number of esters is 1. The highest BCUT2D eigenvalue weighted by Gasteiger charge is 2.33. The highest BCUT2D eigenvalue weighted by molar-refractivity contribution is 5.96. The number of phenolic OH excluding ortho intramolecular Hbond substituents is 2. The number of carbonyl (C=O) groups is 1. The Morgan fingerprint density at radius 2 is 2.14 bits per heavy atom. The molecule has 0 spiro atoms. The van der Waals surface area contributed by atoms with Gasteiger partial charge in [-0.1, -0.05) is 13.3 Å². The molecule has 0 saturated heterocycles. The Kier molecular flexibility index (Phi) is 4.57. The maximum atomic E-state index is 12.0. The quantitative estimate of drug-likeness (QED) is 0.566. The number of ether oxygens (including phenoxy) is 2. The number of aromatic hydroxyl groups is 2. The maximum Gasteiger partial charge on any atom is 0.342 e. The molecule has 116 valence electrons. The van der Waals surface area contributed by atoms with Gasteiger partial charge in [-0.2, -0.15) is 0 Å². The van der Waals surface area contributed by atoms with Gasteiger partial charge in [-0.25, -0.2) is 4.79 Å². The Morgan fingerprint density at radius 1 is 1.43 bits per heavy atom. The minimum Gasteiger partial charge on any atom is -0.504 e. The largest absolute Gasteiger partial charge is 0.504 e. The molecule has 1 aliphatic rings. The molecule has 0 radical (unpaired) electrons. The van der Waals surface area contributed by atoms with Gasteiger partial charge in [-0.05, 0) is 18.1 Å². The van der Waals surface area contributed by atoms with Gasteiger partial charge in [0.2, 0.25) is 5.75 Å². The second-order valence-corrected chi connectivity index (χ2v) is 5.22. The number of methoxy groups -OCH3 is 1. The fourth-order valence-electron chi connectivity index (χ4n) is 2.61. The molecule has 0 aromatic heterocycles. The molecule has 6 nitrogen and oxygen atoms in total. The Labute approximate surface area is 122 Å². The van der Waals surface area contributed by atoms with E-state index in [2.05, 4.69) is 0 Å². The number of phenols is 2. The van der Waals surface area contributed by atoms with Crippen molar-refractivity contribution in [1.82, 2.24) is 0 Å². The predicted molar refractivity (Wildman–Crippen MR) is 74.8 cm³/mol. The molecule has 0 saturated carbocycles. The summed E-state index contributed by atoms with van der Waals surface area (Å²) in [5.41, 5.74) is 0.515. The molecule has 2 atom stereocenters. The lowest BCUT2D eigenvalue weighted by molar-refractivity contribution is 0.00870. The number of fused-ring (bicyclic) bond motifs is 1. The lowest BCUT2D eigenvalue weighted by Crippen LogP contribution is -2.31. The number of rotatable bonds is 5. The van der Waals surface area contributed by atoms with E-state index in [1.807, 2.05) is 6.92 Å². The SMILES string of the molecule is CCCC(O)CC1Cc2cc(OC)c(O)c(O)c2C(=O)O1. The van der Waals surface area contributed by atoms with Crippen molar-refractivity contribution in [2.24, 2.45) is 0 Å². The first-order valence-corrected chi connectivity index (χ1v) is 6.98. The summed E-state index contributed by atoms with van der Waals surface area (Å²) in [4.78, 5) is 12.0. The standard InChI is InChI=1S/C15H20O6/c1-3-4-9(16)7-10-5-8-6-11(20-2)13(17)14(18)12(8)15(19)21-10/h6,9-10,16-18H,3-5,7H2,1-2H3. The molecule has 3 N–H and O–H groups in total. The molecule has 0 fully saturated rings. The third-order valence-corrected chi connectivity index (χ3v) is 3.62. The van der Waals surface area contributed by atoms with E-state index in [0.717, 1.165) is 6.42 Å². The summed E-state index contributed by atoms with van der Waals surface area (Å²) < 4.78 is 10.2. The van der Waals surface area contributed by atoms with Crippen LogP contribution in [-0.2, 0) is 11.2 Å². The highest BCUT2D eigenvalue weighted by Crippen LogP contribution is 2.42. The highest BCUT2D eigenvalue weighted by atomic mass is 16.5. The summed E-state index contributed by atoms with van der Waals surface area (Å²) >= 11 is 0. The van der Waals surface area contributed by atoms with Crippen molar-refractivity contribution in [3.63, 3.8) is 0 Å². The summed E-state index contributed by atoms with van der Waals surface area (Å²) in [5.74, 6) is -1.59. The van der Waals surface area contributed by atoms with E-state index in [9.17, 15) is 20.1 Å². The van der Waals surface area contributed by atoms with Crippen molar-refractivity contribution in [2.45, 2.75) is 44.8 Å². The monoisotopic (exact) mass is 296 g/mol. The van der Waals surface area contributed by atoms with E-state index in [4.69, 9.17) is 9.47 Å². The van der Waals surface area contributed by atoms with Crippen LogP contribution in [0.1, 0.15) is 42.1 Å². The number of hydrogen-bond donors (Lipinski definition) is 3. The summed E-state index contributed by atoms with van der Waals surface area (Å²) in [6.45, 7) is 1.97. The van der Waals surface area contributed by atoms with E-state index in [-0.39, 0.29) is 11.3 Å². The van der Waals surface area contributed by atoms with Gasteiger partial charge < -0.3 is 24.8 Å². The maximum absolute atomic E-state index is 12.0. The molecular formula is C15H20O6. The molecule has 1 heterocycles. The topological polar surface area (TPSA) is 96.2 Å². The summed E-state index contributed by atoms with van der Waals surface area (Å²) in [5, 5.41) is 29.5. The summed E-state index contributed by atoms with van der Waals surface area (Å²) in [6, 6.07) is 1.52. The van der Waals surface area contributed by atoms with Crippen LogP contribution in [0.15, 0.2) is 6.07 Å². The van der Waals surface area contributed by atoms with Gasteiger partial charge in [0.25, 0.3) is 0 Å². The van der Waals surface area contributed by atoms with Crippen molar-refractivity contribution < 1.29 is 29.6 Å². The predicted octanol–water partition coefficient (Wildman–Crippen LogP) is 1.74. The molecule has 1 aromatic carbocycles. The second kappa shape index (κ2) is 6.22. The molecule has 2 rings (SSSR count). The van der Waals surface area contributed by atoms with Gasteiger partial charge in [0.05, 0.1) is 13.2 Å². The molecule has 1 aromatic rings. The average Bonchev–Trinajstić information content (AvgIpc) is 2.42.